The van der Waals surface area contributed by atoms with Crippen molar-refractivity contribution in [2.75, 3.05) is 0 Å². The number of rotatable bonds is 8. The monoisotopic (exact) mass is 485 g/mol. The van der Waals surface area contributed by atoms with Crippen LogP contribution >= 0.6 is 0 Å². The van der Waals surface area contributed by atoms with Crippen LogP contribution in [0, 0.1) is 5.82 Å². The van der Waals surface area contributed by atoms with Crippen LogP contribution in [0.2, 0.25) is 0 Å². The predicted molar refractivity (Wildman–Crippen MR) is 134 cm³/mol. The largest absolute Gasteiger partial charge is 0.351 e. The number of hydrogen-bond donors (Lipinski definition) is 1. The summed E-state index contributed by atoms with van der Waals surface area (Å²) in [6.45, 7) is 0.0123. The lowest BCUT2D eigenvalue weighted by molar-refractivity contribution is -0.142. The van der Waals surface area contributed by atoms with E-state index in [9.17, 15) is 9.59 Å². The number of halogens is 1. The molecule has 1 atom stereocenters. The lowest BCUT2D eigenvalue weighted by Crippen LogP contribution is -2.47. The third-order valence-corrected chi connectivity index (χ3v) is 6.68. The fraction of sp³-hybridized carbons (Fsp3) is 0.286. The molecule has 36 heavy (non-hydrogen) atoms. The molecule has 4 aromatic rings. The standard InChI is InChI=1S/C28H28FN5O2/c29-23-15-7-6-14-22(23)27(28(36)30-21-12-4-5-13-21)33(18-20-10-2-1-3-11-20)26(35)19-34-25-17-9-8-16-24(25)31-32-34/h1-3,6-11,14-17,21,27H,4-5,12-13,18-19H2,(H,30,36). The summed E-state index contributed by atoms with van der Waals surface area (Å²) in [5.74, 6) is -1.26. The number of carbonyl (C=O) groups excluding carboxylic acids is 2. The Kier molecular flexibility index (Phi) is 7.02. The van der Waals surface area contributed by atoms with Gasteiger partial charge in [-0.2, -0.15) is 0 Å². The van der Waals surface area contributed by atoms with Gasteiger partial charge in [0.05, 0.1) is 5.52 Å². The van der Waals surface area contributed by atoms with E-state index in [4.69, 9.17) is 0 Å². The highest BCUT2D eigenvalue weighted by atomic mass is 19.1. The predicted octanol–water partition coefficient (Wildman–Crippen LogP) is 4.40. The molecule has 1 heterocycles. The number of amides is 2. The molecule has 1 unspecified atom stereocenters. The van der Waals surface area contributed by atoms with Crippen LogP contribution in [0.25, 0.3) is 11.0 Å². The molecule has 1 aromatic heterocycles. The summed E-state index contributed by atoms with van der Waals surface area (Å²) >= 11 is 0. The second-order valence-corrected chi connectivity index (χ2v) is 9.16. The van der Waals surface area contributed by atoms with Crippen molar-refractivity contribution in [2.45, 2.75) is 50.9 Å². The SMILES string of the molecule is O=C(NC1CCCC1)C(c1ccccc1F)N(Cc1ccccc1)C(=O)Cn1nnc2ccccc21. The zero-order valence-corrected chi connectivity index (χ0v) is 19.9. The molecule has 7 nitrogen and oxygen atoms in total. The van der Waals surface area contributed by atoms with E-state index in [0.717, 1.165) is 31.2 Å². The Labute approximate surface area is 208 Å². The van der Waals surface area contributed by atoms with Crippen molar-refractivity contribution in [3.8, 4) is 0 Å². The first-order valence-electron chi connectivity index (χ1n) is 12.3. The van der Waals surface area contributed by atoms with Gasteiger partial charge in [0.15, 0.2) is 0 Å². The van der Waals surface area contributed by atoms with Gasteiger partial charge in [-0.15, -0.1) is 5.10 Å². The van der Waals surface area contributed by atoms with Gasteiger partial charge >= 0.3 is 0 Å². The molecule has 3 aromatic carbocycles. The zero-order valence-electron chi connectivity index (χ0n) is 19.9. The highest BCUT2D eigenvalue weighted by Crippen LogP contribution is 2.28. The fourth-order valence-electron chi connectivity index (χ4n) is 4.85. The number of fused-ring (bicyclic) bond motifs is 1. The van der Waals surface area contributed by atoms with Crippen molar-refractivity contribution in [3.63, 3.8) is 0 Å². The van der Waals surface area contributed by atoms with Gasteiger partial charge in [0.25, 0.3) is 0 Å². The number of nitrogens with zero attached hydrogens (tertiary/aromatic N) is 4. The first-order chi connectivity index (χ1) is 17.6. The molecule has 0 spiro atoms. The van der Waals surface area contributed by atoms with Crippen LogP contribution in [0.4, 0.5) is 4.39 Å². The van der Waals surface area contributed by atoms with E-state index in [1.165, 1.54) is 15.6 Å². The Hall–Kier alpha value is -4.07. The van der Waals surface area contributed by atoms with Crippen LogP contribution in [0.1, 0.15) is 42.9 Å². The highest BCUT2D eigenvalue weighted by Gasteiger charge is 2.35. The summed E-state index contributed by atoms with van der Waals surface area (Å²) in [6, 6.07) is 21.8. The van der Waals surface area contributed by atoms with Gasteiger partial charge in [0.2, 0.25) is 11.8 Å². The van der Waals surface area contributed by atoms with Gasteiger partial charge < -0.3 is 10.2 Å². The van der Waals surface area contributed by atoms with E-state index in [1.54, 1.807) is 18.2 Å². The topological polar surface area (TPSA) is 80.1 Å². The van der Waals surface area contributed by atoms with Crippen molar-refractivity contribution < 1.29 is 14.0 Å². The van der Waals surface area contributed by atoms with Crippen LogP contribution in [0.5, 0.6) is 0 Å². The molecule has 184 valence electrons. The maximum Gasteiger partial charge on any atom is 0.247 e. The van der Waals surface area contributed by atoms with Crippen LogP contribution in [-0.2, 0) is 22.7 Å². The molecule has 1 saturated carbocycles. The molecular weight excluding hydrogens is 457 g/mol. The Balaban J connectivity index is 1.53. The molecule has 5 rings (SSSR count). The summed E-state index contributed by atoms with van der Waals surface area (Å²) < 4.78 is 16.6. The van der Waals surface area contributed by atoms with E-state index in [1.807, 2.05) is 54.6 Å². The van der Waals surface area contributed by atoms with Crippen LogP contribution in [0.15, 0.2) is 78.9 Å². The molecule has 1 aliphatic carbocycles. The molecule has 0 radical (unpaired) electrons. The molecule has 8 heteroatoms. The molecule has 1 N–H and O–H groups in total. The lowest BCUT2D eigenvalue weighted by Gasteiger charge is -2.32. The molecule has 0 saturated heterocycles. The van der Waals surface area contributed by atoms with Crippen molar-refractivity contribution >= 4 is 22.8 Å². The quantitative estimate of drug-likeness (QED) is 0.401. The Morgan fingerprint density at radius 2 is 1.67 bits per heavy atom. The van der Waals surface area contributed by atoms with Crippen molar-refractivity contribution in [1.82, 2.24) is 25.2 Å². The van der Waals surface area contributed by atoms with Gasteiger partial charge in [0, 0.05) is 18.2 Å². The molecule has 2 amide bonds. The smallest absolute Gasteiger partial charge is 0.247 e. The summed E-state index contributed by atoms with van der Waals surface area (Å²) in [6.07, 6.45) is 3.85. The molecule has 0 aliphatic heterocycles. The van der Waals surface area contributed by atoms with Gasteiger partial charge in [-0.3, -0.25) is 9.59 Å². The van der Waals surface area contributed by atoms with Crippen LogP contribution < -0.4 is 5.32 Å². The number of benzene rings is 3. The minimum absolute atomic E-state index is 0.0275. The van der Waals surface area contributed by atoms with Gasteiger partial charge in [-0.05, 0) is 36.6 Å². The van der Waals surface area contributed by atoms with E-state index in [0.29, 0.717) is 11.0 Å². The molecule has 0 bridgehead atoms. The zero-order chi connectivity index (χ0) is 24.9. The highest BCUT2D eigenvalue weighted by molar-refractivity contribution is 5.89. The minimum Gasteiger partial charge on any atom is -0.351 e. The van der Waals surface area contributed by atoms with E-state index in [2.05, 4.69) is 15.6 Å². The van der Waals surface area contributed by atoms with E-state index < -0.39 is 11.9 Å². The summed E-state index contributed by atoms with van der Waals surface area (Å²) in [7, 11) is 0. The Morgan fingerprint density at radius 3 is 2.44 bits per heavy atom. The van der Waals surface area contributed by atoms with Crippen molar-refractivity contribution in [3.05, 3.63) is 95.8 Å². The maximum atomic E-state index is 15.1. The fourth-order valence-corrected chi connectivity index (χ4v) is 4.85. The van der Waals surface area contributed by atoms with Crippen LogP contribution in [-0.4, -0.2) is 37.7 Å². The average Bonchev–Trinajstić information content (AvgIpc) is 3.55. The number of para-hydroxylation sites is 1. The number of carbonyl (C=O) groups is 2. The summed E-state index contributed by atoms with van der Waals surface area (Å²) in [5, 5.41) is 11.4. The third-order valence-electron chi connectivity index (χ3n) is 6.68. The number of hydrogen-bond acceptors (Lipinski definition) is 4. The normalized spacial score (nSPS) is 14.6. The van der Waals surface area contributed by atoms with E-state index in [-0.39, 0.29) is 36.5 Å². The second kappa shape index (κ2) is 10.7. The van der Waals surface area contributed by atoms with Gasteiger partial charge in [-0.1, -0.05) is 78.7 Å². The first-order valence-corrected chi connectivity index (χ1v) is 12.3. The minimum atomic E-state index is -1.13. The summed E-state index contributed by atoms with van der Waals surface area (Å²) in [5.41, 5.74) is 2.39. The van der Waals surface area contributed by atoms with Crippen molar-refractivity contribution in [1.29, 1.82) is 0 Å². The maximum absolute atomic E-state index is 15.1. The molecule has 1 fully saturated rings. The van der Waals surface area contributed by atoms with Crippen LogP contribution in [0.3, 0.4) is 0 Å². The van der Waals surface area contributed by atoms with Gasteiger partial charge in [0.1, 0.15) is 23.9 Å². The Morgan fingerprint density at radius 1 is 0.972 bits per heavy atom. The lowest BCUT2D eigenvalue weighted by atomic mass is 10.0. The Bertz CT molecular complexity index is 1350. The van der Waals surface area contributed by atoms with Crippen molar-refractivity contribution in [2.24, 2.45) is 0 Å². The number of nitrogens with one attached hydrogen (secondary N) is 1. The number of aromatic nitrogens is 3. The summed E-state index contributed by atoms with van der Waals surface area (Å²) in [4.78, 5) is 29.0. The third kappa shape index (κ3) is 5.12. The van der Waals surface area contributed by atoms with E-state index >= 15 is 4.39 Å². The average molecular weight is 486 g/mol. The van der Waals surface area contributed by atoms with Gasteiger partial charge in [-0.25, -0.2) is 9.07 Å². The second-order valence-electron chi connectivity index (χ2n) is 9.16. The first kappa shape index (κ1) is 23.7. The molecular formula is C28H28FN5O2. The molecule has 1 aliphatic rings.